The molecular weight excluding hydrogens is 338 g/mol. The van der Waals surface area contributed by atoms with Crippen LogP contribution in [0.3, 0.4) is 0 Å². The van der Waals surface area contributed by atoms with Gasteiger partial charge in [0.25, 0.3) is 0 Å². The van der Waals surface area contributed by atoms with Crippen molar-refractivity contribution in [3.05, 3.63) is 89.5 Å². The van der Waals surface area contributed by atoms with Gasteiger partial charge in [-0.25, -0.2) is 4.79 Å². The van der Waals surface area contributed by atoms with Crippen LogP contribution in [-0.4, -0.2) is 12.6 Å². The third-order valence-corrected chi connectivity index (χ3v) is 4.32. The maximum atomic E-state index is 12.7. The first-order valence-electron chi connectivity index (χ1n) is 8.08. The molecular formula is C21H14F2O3. The summed E-state index contributed by atoms with van der Waals surface area (Å²) in [4.78, 5) is 12.7. The van der Waals surface area contributed by atoms with Gasteiger partial charge in [-0.1, -0.05) is 60.7 Å². The van der Waals surface area contributed by atoms with Gasteiger partial charge >= 0.3 is 12.6 Å². The number of esters is 1. The number of carbonyl (C=O) groups excluding carboxylic acids is 1. The molecule has 0 spiro atoms. The van der Waals surface area contributed by atoms with Crippen LogP contribution in [0, 0.1) is 0 Å². The molecule has 5 heteroatoms. The molecule has 0 aliphatic heterocycles. The van der Waals surface area contributed by atoms with Crippen LogP contribution in [0.1, 0.15) is 27.6 Å². The van der Waals surface area contributed by atoms with Gasteiger partial charge in [0.2, 0.25) is 0 Å². The number of rotatable bonds is 4. The van der Waals surface area contributed by atoms with E-state index in [9.17, 15) is 13.6 Å². The highest BCUT2D eigenvalue weighted by Crippen LogP contribution is 2.45. The van der Waals surface area contributed by atoms with Crippen LogP contribution < -0.4 is 4.74 Å². The number of hydrogen-bond donors (Lipinski definition) is 0. The number of halogens is 2. The number of ether oxygens (including phenoxy) is 2. The second-order valence-electron chi connectivity index (χ2n) is 5.83. The van der Waals surface area contributed by atoms with Crippen LogP contribution in [-0.2, 0) is 4.74 Å². The van der Waals surface area contributed by atoms with Crippen LogP contribution in [0.25, 0.3) is 11.1 Å². The summed E-state index contributed by atoms with van der Waals surface area (Å²) in [6.45, 7) is -3.02. The molecule has 0 N–H and O–H groups in total. The minimum Gasteiger partial charge on any atom is -0.449 e. The molecule has 0 fully saturated rings. The number of alkyl halides is 2. The minimum atomic E-state index is -3.02. The maximum Gasteiger partial charge on any atom is 0.387 e. The Morgan fingerprint density at radius 1 is 0.808 bits per heavy atom. The summed E-state index contributed by atoms with van der Waals surface area (Å²) in [5.41, 5.74) is 3.70. The second kappa shape index (κ2) is 6.59. The van der Waals surface area contributed by atoms with Gasteiger partial charge in [0.05, 0.1) is 0 Å². The minimum absolute atomic E-state index is 0.0327. The lowest BCUT2D eigenvalue weighted by molar-refractivity contribution is -0.0505. The molecule has 3 nitrogen and oxygen atoms in total. The fraction of sp³-hybridized carbons (Fsp3) is 0.0952. The lowest BCUT2D eigenvalue weighted by Gasteiger charge is -2.16. The van der Waals surface area contributed by atoms with Gasteiger partial charge in [0, 0.05) is 11.1 Å². The number of benzene rings is 3. The van der Waals surface area contributed by atoms with Crippen molar-refractivity contribution in [2.45, 2.75) is 12.7 Å². The standard InChI is InChI=1S/C21H14F2O3/c22-21(23)25-18-12-6-5-11-17(18)20(24)26-19-15-9-3-1-7-13(15)14-8-2-4-10-16(14)19/h1-12,19,21H. The smallest absolute Gasteiger partial charge is 0.387 e. The first kappa shape index (κ1) is 16.3. The van der Waals surface area contributed by atoms with E-state index < -0.39 is 18.7 Å². The Labute approximate surface area is 148 Å². The molecule has 3 aromatic carbocycles. The maximum absolute atomic E-state index is 12.7. The highest BCUT2D eigenvalue weighted by Gasteiger charge is 2.32. The molecule has 0 heterocycles. The Morgan fingerprint density at radius 2 is 1.35 bits per heavy atom. The zero-order valence-corrected chi connectivity index (χ0v) is 13.6. The zero-order valence-electron chi connectivity index (χ0n) is 13.6. The number of carbonyl (C=O) groups is 1. The van der Waals surface area contributed by atoms with E-state index in [0.29, 0.717) is 0 Å². The van der Waals surface area contributed by atoms with E-state index in [0.717, 1.165) is 22.3 Å². The lowest BCUT2D eigenvalue weighted by atomic mass is 10.1. The van der Waals surface area contributed by atoms with Crippen molar-refractivity contribution in [3.8, 4) is 16.9 Å². The van der Waals surface area contributed by atoms with Gasteiger partial charge in [0.1, 0.15) is 11.3 Å². The van der Waals surface area contributed by atoms with Crippen molar-refractivity contribution >= 4 is 5.97 Å². The van der Waals surface area contributed by atoms with Crippen molar-refractivity contribution in [1.82, 2.24) is 0 Å². The fourth-order valence-electron chi connectivity index (χ4n) is 3.24. The van der Waals surface area contributed by atoms with Crippen LogP contribution in [0.5, 0.6) is 5.75 Å². The molecule has 0 saturated heterocycles. The van der Waals surface area contributed by atoms with Gasteiger partial charge in [-0.3, -0.25) is 0 Å². The van der Waals surface area contributed by atoms with Crippen LogP contribution in [0.4, 0.5) is 8.78 Å². The Bertz CT molecular complexity index is 923. The van der Waals surface area contributed by atoms with Gasteiger partial charge in [-0.2, -0.15) is 8.78 Å². The van der Waals surface area contributed by atoms with E-state index in [1.807, 2.05) is 48.5 Å². The van der Waals surface area contributed by atoms with Crippen molar-refractivity contribution < 1.29 is 23.0 Å². The Kier molecular flexibility index (Phi) is 4.13. The third kappa shape index (κ3) is 2.81. The molecule has 4 rings (SSSR count). The van der Waals surface area contributed by atoms with Crippen molar-refractivity contribution in [2.24, 2.45) is 0 Å². The molecule has 0 bridgehead atoms. The summed E-state index contributed by atoms with van der Waals surface area (Å²) >= 11 is 0. The molecule has 3 aromatic rings. The Morgan fingerprint density at radius 3 is 1.96 bits per heavy atom. The molecule has 0 saturated carbocycles. The predicted octanol–water partition coefficient (Wildman–Crippen LogP) is 5.21. The molecule has 0 atom stereocenters. The van der Waals surface area contributed by atoms with E-state index in [4.69, 9.17) is 4.74 Å². The summed E-state index contributed by atoms with van der Waals surface area (Å²) in [5, 5.41) is 0. The Hall–Kier alpha value is -3.21. The summed E-state index contributed by atoms with van der Waals surface area (Å²) < 4.78 is 35.3. The van der Waals surface area contributed by atoms with Crippen LogP contribution in [0.2, 0.25) is 0 Å². The topological polar surface area (TPSA) is 35.5 Å². The first-order chi connectivity index (χ1) is 12.6. The first-order valence-corrected chi connectivity index (χ1v) is 8.08. The summed E-state index contributed by atoms with van der Waals surface area (Å²) in [6, 6.07) is 21.2. The van der Waals surface area contributed by atoms with E-state index in [-0.39, 0.29) is 11.3 Å². The lowest BCUT2D eigenvalue weighted by Crippen LogP contribution is -2.13. The molecule has 26 heavy (non-hydrogen) atoms. The van der Waals surface area contributed by atoms with Crippen molar-refractivity contribution in [3.63, 3.8) is 0 Å². The number of para-hydroxylation sites is 1. The van der Waals surface area contributed by atoms with Crippen molar-refractivity contribution in [2.75, 3.05) is 0 Å². The van der Waals surface area contributed by atoms with E-state index in [1.165, 1.54) is 18.2 Å². The normalized spacial score (nSPS) is 12.6. The van der Waals surface area contributed by atoms with Crippen LogP contribution >= 0.6 is 0 Å². The molecule has 0 unspecified atom stereocenters. The molecule has 0 radical (unpaired) electrons. The molecule has 1 aliphatic carbocycles. The van der Waals surface area contributed by atoms with Gasteiger partial charge in [-0.05, 0) is 23.3 Å². The SMILES string of the molecule is O=C(OC1c2ccccc2-c2ccccc21)c1ccccc1OC(F)F. The fourth-order valence-corrected chi connectivity index (χ4v) is 3.24. The second-order valence-corrected chi connectivity index (χ2v) is 5.83. The highest BCUT2D eigenvalue weighted by atomic mass is 19.3. The molecule has 1 aliphatic rings. The summed E-state index contributed by atoms with van der Waals surface area (Å²) in [5.74, 6) is -0.912. The van der Waals surface area contributed by atoms with Crippen LogP contribution in [0.15, 0.2) is 72.8 Å². The van der Waals surface area contributed by atoms with E-state index in [1.54, 1.807) is 6.07 Å². The van der Waals surface area contributed by atoms with E-state index >= 15 is 0 Å². The number of fused-ring (bicyclic) bond motifs is 3. The predicted molar refractivity (Wildman–Crippen MR) is 92.2 cm³/mol. The van der Waals surface area contributed by atoms with Gasteiger partial charge in [-0.15, -0.1) is 0 Å². The zero-order chi connectivity index (χ0) is 18.1. The van der Waals surface area contributed by atoms with Gasteiger partial charge < -0.3 is 9.47 Å². The Balaban J connectivity index is 1.69. The largest absolute Gasteiger partial charge is 0.449 e. The van der Waals surface area contributed by atoms with Gasteiger partial charge in [0.15, 0.2) is 6.10 Å². The highest BCUT2D eigenvalue weighted by molar-refractivity contribution is 5.93. The molecule has 0 amide bonds. The average molecular weight is 352 g/mol. The summed E-state index contributed by atoms with van der Waals surface area (Å²) in [6.07, 6.45) is -0.588. The molecule has 0 aromatic heterocycles. The van der Waals surface area contributed by atoms with E-state index in [2.05, 4.69) is 4.74 Å². The summed E-state index contributed by atoms with van der Waals surface area (Å²) in [7, 11) is 0. The molecule has 130 valence electrons. The third-order valence-electron chi connectivity index (χ3n) is 4.32. The monoisotopic (exact) mass is 352 g/mol. The van der Waals surface area contributed by atoms with Crippen molar-refractivity contribution in [1.29, 1.82) is 0 Å². The average Bonchev–Trinajstić information content (AvgIpc) is 2.96. The number of hydrogen-bond acceptors (Lipinski definition) is 3. The quantitative estimate of drug-likeness (QED) is 0.604.